The summed E-state index contributed by atoms with van der Waals surface area (Å²) >= 11 is 1.37. The van der Waals surface area contributed by atoms with Crippen LogP contribution in [0.4, 0.5) is 0 Å². The van der Waals surface area contributed by atoms with Crippen molar-refractivity contribution in [2.75, 3.05) is 13.2 Å². The molecule has 0 saturated heterocycles. The molecule has 6 nitrogen and oxygen atoms in total. The quantitative estimate of drug-likeness (QED) is 0.253. The summed E-state index contributed by atoms with van der Waals surface area (Å²) in [4.78, 5) is 12.7. The van der Waals surface area contributed by atoms with Crippen molar-refractivity contribution in [2.24, 2.45) is 0 Å². The second-order valence-electron chi connectivity index (χ2n) is 8.13. The van der Waals surface area contributed by atoms with Gasteiger partial charge in [-0.15, -0.1) is 11.3 Å². The lowest BCUT2D eigenvalue weighted by atomic mass is 10.1. The van der Waals surface area contributed by atoms with E-state index in [2.05, 4.69) is 38.3 Å². The average molecular weight is 469 g/mol. The Hall–Kier alpha value is -2.98. The van der Waals surface area contributed by atoms with E-state index < -0.39 is 5.97 Å². The van der Waals surface area contributed by atoms with Gasteiger partial charge in [0.25, 0.3) is 0 Å². The number of hydrogen-bond donors (Lipinski definition) is 1. The smallest absolute Gasteiger partial charge is 0.346 e. The number of carboxylic acids is 1. The summed E-state index contributed by atoms with van der Waals surface area (Å²) in [5, 5.41) is 18.4. The van der Waals surface area contributed by atoms with Gasteiger partial charge in [0.05, 0.1) is 9.75 Å². The molecule has 1 aliphatic rings. The van der Waals surface area contributed by atoms with Crippen molar-refractivity contribution < 1.29 is 19.4 Å². The molecule has 33 heavy (non-hydrogen) atoms. The van der Waals surface area contributed by atoms with Crippen LogP contribution in [0.5, 0.6) is 11.5 Å². The van der Waals surface area contributed by atoms with Gasteiger partial charge >= 0.3 is 5.97 Å². The Kier molecular flexibility index (Phi) is 8.40. The van der Waals surface area contributed by atoms with Crippen molar-refractivity contribution in [3.8, 4) is 17.6 Å². The van der Waals surface area contributed by atoms with Crippen LogP contribution in [-0.4, -0.2) is 28.9 Å². The van der Waals surface area contributed by atoms with Gasteiger partial charge in [-0.05, 0) is 56.0 Å². The van der Waals surface area contributed by atoms with E-state index in [-0.39, 0.29) is 5.57 Å². The molecule has 0 aliphatic carbocycles. The summed E-state index contributed by atoms with van der Waals surface area (Å²) in [5.74, 6) is -0.132. The van der Waals surface area contributed by atoms with Gasteiger partial charge in [-0.1, -0.05) is 33.1 Å². The van der Waals surface area contributed by atoms with Crippen LogP contribution in [0, 0.1) is 25.2 Å². The zero-order valence-electron chi connectivity index (χ0n) is 19.9. The van der Waals surface area contributed by atoms with Crippen molar-refractivity contribution in [1.29, 1.82) is 5.26 Å². The normalized spacial score (nSPS) is 13.5. The number of aliphatic carboxylic acids is 1. The number of rotatable bonds is 10. The lowest BCUT2D eigenvalue weighted by molar-refractivity contribution is -0.132. The number of fused-ring (bicyclic) bond motifs is 1. The summed E-state index contributed by atoms with van der Waals surface area (Å²) in [6.45, 7) is 10.6. The van der Waals surface area contributed by atoms with Crippen molar-refractivity contribution in [1.82, 2.24) is 4.57 Å². The summed E-state index contributed by atoms with van der Waals surface area (Å²) in [5.41, 5.74) is 4.87. The molecule has 0 unspecified atom stereocenters. The average Bonchev–Trinajstić information content (AvgIpc) is 3.27. The predicted octanol–water partition coefficient (Wildman–Crippen LogP) is 6.24. The van der Waals surface area contributed by atoms with Crippen LogP contribution in [-0.2, 0) is 17.8 Å². The molecule has 0 fully saturated rings. The molecule has 3 heterocycles. The topological polar surface area (TPSA) is 84.5 Å². The molecule has 7 heteroatoms. The number of hydrogen-bond acceptors (Lipinski definition) is 5. The van der Waals surface area contributed by atoms with Gasteiger partial charge in [-0.25, -0.2) is 4.79 Å². The van der Waals surface area contributed by atoms with Gasteiger partial charge in [0, 0.05) is 17.9 Å². The van der Waals surface area contributed by atoms with Crippen molar-refractivity contribution in [2.45, 2.75) is 66.3 Å². The molecule has 1 aliphatic heterocycles. The van der Waals surface area contributed by atoms with Crippen LogP contribution >= 0.6 is 11.3 Å². The Labute approximate surface area is 199 Å². The zero-order chi connectivity index (χ0) is 24.0. The maximum Gasteiger partial charge on any atom is 0.346 e. The van der Waals surface area contributed by atoms with E-state index in [4.69, 9.17) is 14.7 Å². The number of thiophene rings is 1. The highest BCUT2D eigenvalue weighted by Crippen LogP contribution is 2.46. The second kappa shape index (κ2) is 11.2. The number of nitriles is 1. The lowest BCUT2D eigenvalue weighted by Gasteiger charge is -2.16. The van der Waals surface area contributed by atoms with Gasteiger partial charge < -0.3 is 19.1 Å². The number of unbranched alkanes of at least 4 members (excludes halogenated alkanes) is 3. The van der Waals surface area contributed by atoms with Gasteiger partial charge in [0.1, 0.15) is 24.9 Å². The SMILES string of the molecule is CCCCCCn1c(C)c(CC)c(C)c1/C=C/c1sc(/C=C(\C#N)C(=O)O)c2c1OCCO2. The van der Waals surface area contributed by atoms with Crippen molar-refractivity contribution >= 4 is 35.5 Å². The number of carbonyl (C=O) groups is 1. The largest absolute Gasteiger partial charge is 0.485 e. The fourth-order valence-electron chi connectivity index (χ4n) is 4.32. The maximum absolute atomic E-state index is 11.3. The first kappa shape index (κ1) is 24.7. The molecule has 1 N–H and O–H groups in total. The first-order chi connectivity index (χ1) is 15.9. The number of nitrogens with zero attached hydrogens (tertiary/aromatic N) is 2. The molecule has 2 aromatic heterocycles. The van der Waals surface area contributed by atoms with E-state index in [0.29, 0.717) is 29.6 Å². The second-order valence-corrected chi connectivity index (χ2v) is 9.22. The Bertz CT molecular complexity index is 1110. The highest BCUT2D eigenvalue weighted by Gasteiger charge is 2.24. The maximum atomic E-state index is 11.3. The number of aromatic nitrogens is 1. The van der Waals surface area contributed by atoms with E-state index in [0.717, 1.165) is 24.3 Å². The standard InChI is InChI=1S/C26H32N2O4S/c1-5-7-8-9-12-28-18(4)20(6-2)17(3)21(28)10-11-22-24-25(32-14-13-31-24)23(33-22)15-19(16-27)26(29)30/h10-11,15H,5-9,12-14H2,1-4H3,(H,29,30)/b11-10+,19-15+. The van der Waals surface area contributed by atoms with E-state index >= 15 is 0 Å². The fraction of sp³-hybridized carbons (Fsp3) is 0.462. The first-order valence-corrected chi connectivity index (χ1v) is 12.4. The molecule has 3 rings (SSSR count). The monoisotopic (exact) mass is 468 g/mol. The van der Waals surface area contributed by atoms with E-state index in [1.54, 1.807) is 6.07 Å². The van der Waals surface area contributed by atoms with Crippen LogP contribution in [0.25, 0.3) is 18.2 Å². The van der Waals surface area contributed by atoms with E-state index in [9.17, 15) is 9.90 Å². The van der Waals surface area contributed by atoms with Crippen molar-refractivity contribution in [3.05, 3.63) is 37.8 Å². The molecule has 0 atom stereocenters. The highest BCUT2D eigenvalue weighted by atomic mass is 32.1. The number of ether oxygens (including phenoxy) is 2. The van der Waals surface area contributed by atoms with Gasteiger partial charge in [0.2, 0.25) is 0 Å². The minimum absolute atomic E-state index is 0.330. The van der Waals surface area contributed by atoms with Gasteiger partial charge in [0.15, 0.2) is 11.5 Å². The Morgan fingerprint density at radius 2 is 1.82 bits per heavy atom. The van der Waals surface area contributed by atoms with Gasteiger partial charge in [-0.2, -0.15) is 5.26 Å². The third-order valence-corrected chi connectivity index (χ3v) is 7.09. The fourth-order valence-corrected chi connectivity index (χ4v) is 5.36. The molecule has 0 radical (unpaired) electrons. The third-order valence-electron chi connectivity index (χ3n) is 6.03. The molecule has 2 aromatic rings. The summed E-state index contributed by atoms with van der Waals surface area (Å²) in [6, 6.07) is 1.73. The molecular weight excluding hydrogens is 436 g/mol. The van der Waals surface area contributed by atoms with Crippen LogP contribution in [0.1, 0.15) is 71.8 Å². The molecule has 176 valence electrons. The van der Waals surface area contributed by atoms with Crippen LogP contribution in [0.2, 0.25) is 0 Å². The Morgan fingerprint density at radius 3 is 2.42 bits per heavy atom. The Morgan fingerprint density at radius 1 is 1.12 bits per heavy atom. The summed E-state index contributed by atoms with van der Waals surface area (Å²) in [7, 11) is 0. The minimum Gasteiger partial charge on any atom is -0.485 e. The predicted molar refractivity (Wildman–Crippen MR) is 133 cm³/mol. The number of carboxylic acid groups (broad SMARTS) is 1. The molecular formula is C26H32N2O4S. The minimum atomic E-state index is -1.26. The van der Waals surface area contributed by atoms with Crippen LogP contribution in [0.3, 0.4) is 0 Å². The summed E-state index contributed by atoms with van der Waals surface area (Å²) < 4.78 is 14.1. The molecule has 0 bridgehead atoms. The molecule has 0 spiro atoms. The molecule has 0 aromatic carbocycles. The summed E-state index contributed by atoms with van der Waals surface area (Å²) in [6.07, 6.45) is 11.3. The zero-order valence-corrected chi connectivity index (χ0v) is 20.7. The van der Waals surface area contributed by atoms with E-state index in [1.807, 2.05) is 6.08 Å². The molecule has 0 saturated carbocycles. The first-order valence-electron chi connectivity index (χ1n) is 11.6. The van der Waals surface area contributed by atoms with Crippen LogP contribution < -0.4 is 9.47 Å². The van der Waals surface area contributed by atoms with Crippen LogP contribution in [0.15, 0.2) is 5.57 Å². The van der Waals surface area contributed by atoms with Gasteiger partial charge in [-0.3, -0.25) is 0 Å². The third kappa shape index (κ3) is 5.33. The van der Waals surface area contributed by atoms with E-state index in [1.165, 1.54) is 59.2 Å². The van der Waals surface area contributed by atoms with Crippen molar-refractivity contribution in [3.63, 3.8) is 0 Å². The lowest BCUT2D eigenvalue weighted by Crippen LogP contribution is -2.15. The highest BCUT2D eigenvalue weighted by molar-refractivity contribution is 7.14. The Balaban J connectivity index is 2.00. The molecule has 0 amide bonds.